The molecular weight excluding hydrogens is 292 g/mol. The Labute approximate surface area is 136 Å². The van der Waals surface area contributed by atoms with Crippen LogP contribution in [-0.4, -0.2) is 35.6 Å². The maximum atomic E-state index is 12.3. The number of hydrogen-bond donors (Lipinski definition) is 2. The second-order valence-corrected chi connectivity index (χ2v) is 6.61. The Bertz CT molecular complexity index is 621. The van der Waals surface area contributed by atoms with Crippen LogP contribution < -0.4 is 10.2 Å². The van der Waals surface area contributed by atoms with Crippen LogP contribution >= 0.6 is 0 Å². The smallest absolute Gasteiger partial charge is 0.251 e. The Kier molecular flexibility index (Phi) is 4.39. The van der Waals surface area contributed by atoms with Gasteiger partial charge in [-0.15, -0.1) is 0 Å². The van der Waals surface area contributed by atoms with Gasteiger partial charge in [0.2, 0.25) is 5.91 Å². The van der Waals surface area contributed by atoms with Crippen LogP contribution in [0.15, 0.2) is 18.2 Å². The molecule has 23 heavy (non-hydrogen) atoms. The minimum absolute atomic E-state index is 0.115. The third-order valence-corrected chi connectivity index (χ3v) is 4.95. The summed E-state index contributed by atoms with van der Waals surface area (Å²) < 4.78 is 0. The second-order valence-electron chi connectivity index (χ2n) is 6.61. The number of benzene rings is 1. The fourth-order valence-electron chi connectivity index (χ4n) is 3.55. The molecule has 0 aromatic heterocycles. The molecule has 1 aromatic carbocycles. The number of fused-ring (bicyclic) bond motifs is 1. The third kappa shape index (κ3) is 3.24. The molecule has 1 fully saturated rings. The van der Waals surface area contributed by atoms with E-state index in [4.69, 9.17) is 0 Å². The van der Waals surface area contributed by atoms with Gasteiger partial charge in [0, 0.05) is 30.8 Å². The summed E-state index contributed by atoms with van der Waals surface area (Å²) in [6, 6.07) is 5.48. The van der Waals surface area contributed by atoms with Gasteiger partial charge in [0.15, 0.2) is 0 Å². The van der Waals surface area contributed by atoms with E-state index < -0.39 is 5.60 Å². The van der Waals surface area contributed by atoms with Crippen LogP contribution in [0.1, 0.15) is 54.9 Å². The number of rotatable bonds is 4. The van der Waals surface area contributed by atoms with Gasteiger partial charge in [-0.25, -0.2) is 0 Å². The summed E-state index contributed by atoms with van der Waals surface area (Å²) in [7, 11) is 0. The average molecular weight is 316 g/mol. The molecule has 124 valence electrons. The van der Waals surface area contributed by atoms with Crippen LogP contribution in [0.5, 0.6) is 0 Å². The first-order chi connectivity index (χ1) is 11.0. The van der Waals surface area contributed by atoms with E-state index in [1.54, 1.807) is 11.0 Å². The van der Waals surface area contributed by atoms with Crippen LogP contribution in [-0.2, 0) is 11.2 Å². The fraction of sp³-hybridized carbons (Fsp3) is 0.556. The Morgan fingerprint density at radius 1 is 1.30 bits per heavy atom. The van der Waals surface area contributed by atoms with Crippen molar-refractivity contribution in [2.45, 2.75) is 51.0 Å². The van der Waals surface area contributed by atoms with Crippen molar-refractivity contribution in [3.63, 3.8) is 0 Å². The lowest BCUT2D eigenvalue weighted by Gasteiger charge is -2.22. The molecule has 5 nitrogen and oxygen atoms in total. The summed E-state index contributed by atoms with van der Waals surface area (Å²) in [4.78, 5) is 26.0. The highest BCUT2D eigenvalue weighted by molar-refractivity contribution is 5.98. The lowest BCUT2D eigenvalue weighted by Crippen LogP contribution is -2.40. The van der Waals surface area contributed by atoms with Gasteiger partial charge in [0.1, 0.15) is 0 Å². The summed E-state index contributed by atoms with van der Waals surface area (Å²) >= 11 is 0. The summed E-state index contributed by atoms with van der Waals surface area (Å²) in [6.07, 6.45) is 4.82. The Morgan fingerprint density at radius 3 is 2.74 bits per heavy atom. The van der Waals surface area contributed by atoms with Gasteiger partial charge in [-0.1, -0.05) is 19.8 Å². The topological polar surface area (TPSA) is 69.6 Å². The lowest BCUT2D eigenvalue weighted by atomic mass is 10.0. The Morgan fingerprint density at radius 2 is 2.04 bits per heavy atom. The lowest BCUT2D eigenvalue weighted by molar-refractivity contribution is -0.118. The zero-order chi connectivity index (χ0) is 16.4. The van der Waals surface area contributed by atoms with Crippen molar-refractivity contribution < 1.29 is 14.7 Å². The standard InChI is InChI=1S/C18H24N2O3/c1-2-16(21)20-10-7-13-11-14(5-6-15(13)20)17(22)19-12-18(23)8-3-4-9-18/h5-6,11,23H,2-4,7-10,12H2,1H3,(H,19,22). The van der Waals surface area contributed by atoms with Crippen molar-refractivity contribution in [2.75, 3.05) is 18.0 Å². The Balaban J connectivity index is 1.67. The number of amides is 2. The van der Waals surface area contributed by atoms with E-state index in [2.05, 4.69) is 5.32 Å². The fourth-order valence-corrected chi connectivity index (χ4v) is 3.55. The largest absolute Gasteiger partial charge is 0.388 e. The number of carbonyl (C=O) groups is 2. The maximum Gasteiger partial charge on any atom is 0.251 e. The minimum atomic E-state index is -0.739. The molecule has 5 heteroatoms. The average Bonchev–Trinajstić information content (AvgIpc) is 3.18. The van der Waals surface area contributed by atoms with E-state index >= 15 is 0 Å². The minimum Gasteiger partial charge on any atom is -0.388 e. The molecule has 2 N–H and O–H groups in total. The summed E-state index contributed by atoms with van der Waals surface area (Å²) in [6.45, 7) is 2.85. The molecule has 0 saturated heterocycles. The number of nitrogens with one attached hydrogen (secondary N) is 1. The zero-order valence-corrected chi connectivity index (χ0v) is 13.6. The van der Waals surface area contributed by atoms with Gasteiger partial charge in [0.05, 0.1) is 5.60 Å². The second kappa shape index (κ2) is 6.32. The number of carbonyl (C=O) groups excluding carboxylic acids is 2. The predicted octanol–water partition coefficient (Wildman–Crippen LogP) is 2.02. The van der Waals surface area contributed by atoms with Crippen LogP contribution in [0.4, 0.5) is 5.69 Å². The van der Waals surface area contributed by atoms with Crippen molar-refractivity contribution >= 4 is 17.5 Å². The summed E-state index contributed by atoms with van der Waals surface area (Å²) in [5.74, 6) is -0.0437. The maximum absolute atomic E-state index is 12.3. The van der Waals surface area contributed by atoms with Crippen molar-refractivity contribution in [1.82, 2.24) is 5.32 Å². The van der Waals surface area contributed by atoms with E-state index in [0.29, 0.717) is 25.1 Å². The van der Waals surface area contributed by atoms with Crippen molar-refractivity contribution in [2.24, 2.45) is 0 Å². The molecule has 0 unspecified atom stereocenters. The summed E-state index contributed by atoms with van der Waals surface area (Å²) in [5, 5.41) is 13.2. The number of nitrogens with zero attached hydrogens (tertiary/aromatic N) is 1. The van der Waals surface area contributed by atoms with Gasteiger partial charge in [-0.2, -0.15) is 0 Å². The van der Waals surface area contributed by atoms with Crippen LogP contribution in [0.2, 0.25) is 0 Å². The highest BCUT2D eigenvalue weighted by Gasteiger charge is 2.31. The first-order valence-corrected chi connectivity index (χ1v) is 8.46. The third-order valence-electron chi connectivity index (χ3n) is 4.95. The van der Waals surface area contributed by atoms with Crippen molar-refractivity contribution in [1.29, 1.82) is 0 Å². The molecule has 0 atom stereocenters. The quantitative estimate of drug-likeness (QED) is 0.893. The normalized spacial score (nSPS) is 18.8. The first-order valence-electron chi connectivity index (χ1n) is 8.46. The molecular formula is C18H24N2O3. The van der Waals surface area contributed by atoms with Crippen LogP contribution in [0.3, 0.4) is 0 Å². The molecule has 1 saturated carbocycles. The number of hydrogen-bond acceptors (Lipinski definition) is 3. The molecule has 3 rings (SSSR count). The van der Waals surface area contributed by atoms with E-state index in [1.807, 2.05) is 19.1 Å². The van der Waals surface area contributed by atoms with Gasteiger partial charge in [-0.05, 0) is 43.0 Å². The van der Waals surface area contributed by atoms with E-state index in [0.717, 1.165) is 43.4 Å². The molecule has 0 radical (unpaired) electrons. The van der Waals surface area contributed by atoms with Gasteiger partial charge in [0.25, 0.3) is 5.91 Å². The molecule has 0 spiro atoms. The summed E-state index contributed by atoms with van der Waals surface area (Å²) in [5.41, 5.74) is 1.81. The van der Waals surface area contributed by atoms with Gasteiger partial charge < -0.3 is 15.3 Å². The molecule has 1 aliphatic carbocycles. The van der Waals surface area contributed by atoms with Gasteiger partial charge >= 0.3 is 0 Å². The Hall–Kier alpha value is -1.88. The van der Waals surface area contributed by atoms with E-state index in [-0.39, 0.29) is 11.8 Å². The highest BCUT2D eigenvalue weighted by atomic mass is 16.3. The molecule has 1 aromatic rings. The van der Waals surface area contributed by atoms with Gasteiger partial charge in [-0.3, -0.25) is 9.59 Å². The zero-order valence-electron chi connectivity index (χ0n) is 13.6. The molecule has 2 amide bonds. The highest BCUT2D eigenvalue weighted by Crippen LogP contribution is 2.30. The molecule has 1 heterocycles. The van der Waals surface area contributed by atoms with Crippen molar-refractivity contribution in [3.8, 4) is 0 Å². The molecule has 2 aliphatic rings. The van der Waals surface area contributed by atoms with Crippen LogP contribution in [0.25, 0.3) is 0 Å². The van der Waals surface area contributed by atoms with E-state index in [1.165, 1.54) is 0 Å². The SMILES string of the molecule is CCC(=O)N1CCc2cc(C(=O)NCC3(O)CCCC3)ccc21. The monoisotopic (exact) mass is 316 g/mol. The van der Waals surface area contributed by atoms with E-state index in [9.17, 15) is 14.7 Å². The van der Waals surface area contributed by atoms with Crippen LogP contribution in [0, 0.1) is 0 Å². The molecule has 0 bridgehead atoms. The molecule has 1 aliphatic heterocycles. The first kappa shape index (κ1) is 16.0. The number of aliphatic hydroxyl groups is 1. The predicted molar refractivity (Wildman–Crippen MR) is 88.5 cm³/mol. The van der Waals surface area contributed by atoms with Crippen molar-refractivity contribution in [3.05, 3.63) is 29.3 Å². The number of anilines is 1.